The molecule has 0 radical (unpaired) electrons. The second-order valence-electron chi connectivity index (χ2n) is 3.48. The fourth-order valence-corrected chi connectivity index (χ4v) is 1.38. The van der Waals surface area contributed by atoms with Crippen molar-refractivity contribution in [2.75, 3.05) is 6.61 Å². The Labute approximate surface area is 77.8 Å². The van der Waals surface area contributed by atoms with Crippen molar-refractivity contribution in [3.8, 4) is 0 Å². The summed E-state index contributed by atoms with van der Waals surface area (Å²) in [5.74, 6) is -1.42. The molecule has 1 atom stereocenters. The molecule has 0 bridgehead atoms. The van der Waals surface area contributed by atoms with Crippen LogP contribution in [0.2, 0.25) is 0 Å². The van der Waals surface area contributed by atoms with Gasteiger partial charge in [-0.1, -0.05) is 19.8 Å². The van der Waals surface area contributed by atoms with E-state index in [0.717, 1.165) is 25.7 Å². The first-order valence-corrected chi connectivity index (χ1v) is 4.74. The summed E-state index contributed by atoms with van der Waals surface area (Å²) in [5.41, 5.74) is 0. The van der Waals surface area contributed by atoms with E-state index in [4.69, 9.17) is 4.74 Å². The lowest BCUT2D eigenvalue weighted by atomic mass is 10.0. The van der Waals surface area contributed by atoms with Crippen LogP contribution in [0.4, 0.5) is 4.39 Å². The number of cyclic esters (lactones) is 1. The molecule has 0 N–H and O–H groups in total. The number of hydrogen-bond acceptors (Lipinski definition) is 2. The van der Waals surface area contributed by atoms with Crippen LogP contribution in [0.25, 0.3) is 0 Å². The molecule has 13 heavy (non-hydrogen) atoms. The van der Waals surface area contributed by atoms with Gasteiger partial charge in [-0.2, -0.15) is 4.39 Å². The van der Waals surface area contributed by atoms with Crippen LogP contribution in [0.5, 0.6) is 0 Å². The molecule has 0 saturated carbocycles. The Balaban J connectivity index is 2.60. The van der Waals surface area contributed by atoms with Gasteiger partial charge in [0.2, 0.25) is 5.83 Å². The van der Waals surface area contributed by atoms with Crippen LogP contribution in [-0.2, 0) is 9.53 Å². The Morgan fingerprint density at radius 2 is 2.23 bits per heavy atom. The number of hydrogen-bond donors (Lipinski definition) is 0. The van der Waals surface area contributed by atoms with E-state index in [9.17, 15) is 9.18 Å². The van der Waals surface area contributed by atoms with Crippen LogP contribution in [0.1, 0.15) is 32.6 Å². The third-order valence-corrected chi connectivity index (χ3v) is 2.16. The van der Waals surface area contributed by atoms with Crippen molar-refractivity contribution in [1.82, 2.24) is 0 Å². The van der Waals surface area contributed by atoms with E-state index in [-0.39, 0.29) is 5.92 Å². The first kappa shape index (κ1) is 10.2. The fraction of sp³-hybridized carbons (Fsp3) is 0.700. The Bertz CT molecular complexity index is 211. The number of allylic oxidation sites excluding steroid dienone is 1. The van der Waals surface area contributed by atoms with E-state index in [1.54, 1.807) is 0 Å². The van der Waals surface area contributed by atoms with Gasteiger partial charge in [-0.25, -0.2) is 4.79 Å². The van der Waals surface area contributed by atoms with Gasteiger partial charge >= 0.3 is 5.97 Å². The first-order valence-electron chi connectivity index (χ1n) is 4.74. The van der Waals surface area contributed by atoms with E-state index < -0.39 is 11.8 Å². The number of carbonyl (C=O) groups excluding carboxylic acids is 1. The van der Waals surface area contributed by atoms with Crippen LogP contribution >= 0.6 is 0 Å². The van der Waals surface area contributed by atoms with Crippen LogP contribution < -0.4 is 0 Å². The predicted octanol–water partition coefficient (Wildman–Crippen LogP) is 2.59. The quantitative estimate of drug-likeness (QED) is 0.543. The summed E-state index contributed by atoms with van der Waals surface area (Å²) in [6, 6.07) is 0. The maximum absolute atomic E-state index is 13.0. The summed E-state index contributed by atoms with van der Waals surface area (Å²) < 4.78 is 17.7. The second kappa shape index (κ2) is 5.00. The van der Waals surface area contributed by atoms with E-state index in [2.05, 4.69) is 0 Å². The Morgan fingerprint density at radius 3 is 3.00 bits per heavy atom. The molecule has 0 aliphatic carbocycles. The van der Waals surface area contributed by atoms with Crippen molar-refractivity contribution in [2.45, 2.75) is 32.6 Å². The van der Waals surface area contributed by atoms with Gasteiger partial charge in [0.05, 0.1) is 6.61 Å². The maximum Gasteiger partial charge on any atom is 0.366 e. The molecule has 1 aliphatic rings. The standard InChI is InChI=1S/C10H15FO2/c1-8-5-3-2-4-6-13-10(12)9(11)7-8/h7-8H,2-6H2,1H3/b9-7-. The van der Waals surface area contributed by atoms with Crippen LogP contribution in [0.3, 0.4) is 0 Å². The average Bonchev–Trinajstić information content (AvgIpc) is 2.09. The Hall–Kier alpha value is -0.860. The summed E-state index contributed by atoms with van der Waals surface area (Å²) >= 11 is 0. The van der Waals surface area contributed by atoms with Crippen LogP contribution in [0, 0.1) is 5.92 Å². The zero-order valence-electron chi connectivity index (χ0n) is 7.88. The van der Waals surface area contributed by atoms with Crippen molar-refractivity contribution in [2.24, 2.45) is 5.92 Å². The van der Waals surface area contributed by atoms with Gasteiger partial charge in [0.25, 0.3) is 0 Å². The van der Waals surface area contributed by atoms with E-state index in [0.29, 0.717) is 6.61 Å². The van der Waals surface area contributed by atoms with E-state index >= 15 is 0 Å². The summed E-state index contributed by atoms with van der Waals surface area (Å²) in [4.78, 5) is 10.9. The largest absolute Gasteiger partial charge is 0.460 e. The zero-order chi connectivity index (χ0) is 9.68. The molecule has 0 saturated heterocycles. The van der Waals surface area contributed by atoms with Gasteiger partial charge in [-0.05, 0) is 24.8 Å². The third-order valence-electron chi connectivity index (χ3n) is 2.16. The van der Waals surface area contributed by atoms with Gasteiger partial charge in [-0.3, -0.25) is 0 Å². The van der Waals surface area contributed by atoms with Crippen molar-refractivity contribution in [3.63, 3.8) is 0 Å². The molecule has 0 aromatic heterocycles. The van der Waals surface area contributed by atoms with Gasteiger partial charge in [0, 0.05) is 0 Å². The topological polar surface area (TPSA) is 26.3 Å². The molecule has 1 aliphatic heterocycles. The Kier molecular flexibility index (Phi) is 3.93. The smallest absolute Gasteiger partial charge is 0.366 e. The van der Waals surface area contributed by atoms with Gasteiger partial charge in [0.15, 0.2) is 0 Å². The highest BCUT2D eigenvalue weighted by atomic mass is 19.1. The molecule has 0 aromatic rings. The number of rotatable bonds is 0. The third kappa shape index (κ3) is 3.57. The lowest BCUT2D eigenvalue weighted by Gasteiger charge is -2.10. The lowest BCUT2D eigenvalue weighted by molar-refractivity contribution is -0.141. The number of carbonyl (C=O) groups is 1. The normalized spacial score (nSPS) is 30.2. The minimum atomic E-state index is -0.811. The highest BCUT2D eigenvalue weighted by molar-refractivity contribution is 5.85. The second-order valence-corrected chi connectivity index (χ2v) is 3.48. The highest BCUT2D eigenvalue weighted by Crippen LogP contribution is 2.16. The van der Waals surface area contributed by atoms with Crippen LogP contribution in [0.15, 0.2) is 11.9 Å². The van der Waals surface area contributed by atoms with E-state index in [1.165, 1.54) is 6.08 Å². The minimum Gasteiger partial charge on any atom is -0.460 e. The number of halogens is 1. The monoisotopic (exact) mass is 186 g/mol. The van der Waals surface area contributed by atoms with Crippen molar-refractivity contribution in [3.05, 3.63) is 11.9 Å². The molecule has 0 aromatic carbocycles. The average molecular weight is 186 g/mol. The minimum absolute atomic E-state index is 0.130. The number of esters is 1. The summed E-state index contributed by atoms with van der Waals surface area (Å²) in [5, 5.41) is 0. The molecule has 74 valence electrons. The fourth-order valence-electron chi connectivity index (χ4n) is 1.38. The summed E-state index contributed by atoms with van der Waals surface area (Å²) in [6.45, 7) is 2.25. The summed E-state index contributed by atoms with van der Waals surface area (Å²) in [6.07, 6.45) is 5.26. The molecule has 1 heterocycles. The number of ether oxygens (including phenoxy) is 1. The molecule has 1 rings (SSSR count). The van der Waals surface area contributed by atoms with E-state index in [1.807, 2.05) is 6.92 Å². The van der Waals surface area contributed by atoms with Gasteiger partial charge < -0.3 is 4.74 Å². The molecule has 0 spiro atoms. The van der Waals surface area contributed by atoms with Crippen molar-refractivity contribution >= 4 is 5.97 Å². The van der Waals surface area contributed by atoms with Crippen LogP contribution in [-0.4, -0.2) is 12.6 Å². The summed E-state index contributed by atoms with van der Waals surface area (Å²) in [7, 11) is 0. The Morgan fingerprint density at radius 1 is 1.46 bits per heavy atom. The van der Waals surface area contributed by atoms with Crippen molar-refractivity contribution < 1.29 is 13.9 Å². The van der Waals surface area contributed by atoms with Gasteiger partial charge in [-0.15, -0.1) is 0 Å². The van der Waals surface area contributed by atoms with Gasteiger partial charge in [0.1, 0.15) is 0 Å². The predicted molar refractivity (Wildman–Crippen MR) is 47.8 cm³/mol. The molecular weight excluding hydrogens is 171 g/mol. The lowest BCUT2D eigenvalue weighted by Crippen LogP contribution is -2.09. The van der Waals surface area contributed by atoms with Crippen molar-refractivity contribution in [1.29, 1.82) is 0 Å². The molecule has 3 heteroatoms. The molecule has 1 unspecified atom stereocenters. The molecule has 0 fully saturated rings. The molecule has 2 nitrogen and oxygen atoms in total. The molecule has 0 amide bonds. The SMILES string of the molecule is CC1/C=C(\F)C(=O)OCCCCC1. The molecular formula is C10H15FO2. The zero-order valence-corrected chi connectivity index (χ0v) is 7.88. The highest BCUT2D eigenvalue weighted by Gasteiger charge is 2.13. The first-order chi connectivity index (χ1) is 6.20. The maximum atomic E-state index is 13.0.